The van der Waals surface area contributed by atoms with Crippen LogP contribution in [0.1, 0.15) is 19.3 Å². The van der Waals surface area contributed by atoms with Crippen LogP contribution in [0.4, 0.5) is 0 Å². The van der Waals surface area contributed by atoms with E-state index in [1.54, 1.807) is 0 Å². The van der Waals surface area contributed by atoms with Gasteiger partial charge in [0.25, 0.3) is 0 Å². The number of rotatable bonds is 6. The van der Waals surface area contributed by atoms with Crippen LogP contribution in [0.25, 0.3) is 0 Å². The molecule has 2 fully saturated rings. The van der Waals surface area contributed by atoms with Crippen LogP contribution in [0.5, 0.6) is 0 Å². The van der Waals surface area contributed by atoms with Crippen molar-refractivity contribution in [1.29, 1.82) is 0 Å². The van der Waals surface area contributed by atoms with E-state index in [9.17, 15) is 50.0 Å². The monoisotopic (exact) mass is 360 g/mol. The highest BCUT2D eigenvalue weighted by Gasteiger charge is 2.61. The third-order valence-electron chi connectivity index (χ3n) is 4.87. The van der Waals surface area contributed by atoms with Crippen molar-refractivity contribution < 1.29 is 29.3 Å². The average molecular weight is 360 g/mol. The Labute approximate surface area is 137 Å². The molecule has 14 heteroatoms. The van der Waals surface area contributed by atoms with Crippen LogP contribution in [0.15, 0.2) is 0 Å². The van der Waals surface area contributed by atoms with Crippen molar-refractivity contribution in [3.05, 3.63) is 40.5 Å². The predicted molar refractivity (Wildman–Crippen MR) is 73.4 cm³/mol. The summed E-state index contributed by atoms with van der Waals surface area (Å²) in [7, 11) is 0. The Morgan fingerprint density at radius 1 is 0.680 bits per heavy atom. The smallest absolute Gasteiger partial charge is 0.299 e. The molecule has 2 rings (SSSR count). The fraction of sp³-hybridized carbons (Fsp3) is 0.818. The first-order valence-corrected chi connectivity index (χ1v) is 7.15. The normalized spacial score (nSPS) is 28.9. The number of hydrogen-bond donors (Lipinski definition) is 0. The predicted octanol–water partition coefficient (Wildman–Crippen LogP) is -0.454. The summed E-state index contributed by atoms with van der Waals surface area (Å²) in [6, 6.07) is 0. The zero-order valence-electron chi connectivity index (χ0n) is 12.5. The zero-order chi connectivity index (χ0) is 19.0. The van der Waals surface area contributed by atoms with Gasteiger partial charge < -0.3 is 0 Å². The maximum absolute atomic E-state index is 12.2. The van der Waals surface area contributed by atoms with Gasteiger partial charge in [-0.25, -0.2) is 0 Å². The second-order valence-corrected chi connectivity index (χ2v) is 6.09. The van der Waals surface area contributed by atoms with Crippen molar-refractivity contribution >= 4 is 11.6 Å². The van der Waals surface area contributed by atoms with E-state index in [4.69, 9.17) is 0 Å². The molecule has 0 spiro atoms. The molecule has 0 aromatic heterocycles. The van der Waals surface area contributed by atoms with Crippen molar-refractivity contribution in [1.82, 2.24) is 0 Å². The van der Waals surface area contributed by atoms with Crippen molar-refractivity contribution in [3.8, 4) is 0 Å². The fourth-order valence-corrected chi connectivity index (χ4v) is 3.82. The maximum Gasteiger partial charge on any atom is 0.454 e. The van der Waals surface area contributed by atoms with Crippen molar-refractivity contribution in [2.45, 2.75) is 31.6 Å². The third-order valence-corrected chi connectivity index (χ3v) is 4.87. The molecule has 0 aromatic carbocycles. The van der Waals surface area contributed by atoms with Crippen LogP contribution in [0.3, 0.4) is 0 Å². The van der Waals surface area contributed by atoms with E-state index in [1.165, 1.54) is 0 Å². The first-order valence-electron chi connectivity index (χ1n) is 7.15. The summed E-state index contributed by atoms with van der Waals surface area (Å²) in [5.41, 5.74) is 0. The molecule has 25 heavy (non-hydrogen) atoms. The van der Waals surface area contributed by atoms with Crippen molar-refractivity contribution in [2.24, 2.45) is 23.7 Å². The third kappa shape index (κ3) is 3.14. The summed E-state index contributed by atoms with van der Waals surface area (Å²) in [4.78, 5) is 63.4. The van der Waals surface area contributed by atoms with Gasteiger partial charge in [-0.3, -0.25) is 50.0 Å². The molecular formula is C11H12N4O10. The van der Waals surface area contributed by atoms with E-state index in [0.29, 0.717) is 0 Å². The Morgan fingerprint density at radius 2 is 0.960 bits per heavy atom. The van der Waals surface area contributed by atoms with E-state index in [0.717, 1.165) is 0 Å². The van der Waals surface area contributed by atoms with Gasteiger partial charge in [0.2, 0.25) is 0 Å². The van der Waals surface area contributed by atoms with Crippen LogP contribution in [0, 0.1) is 64.1 Å². The second kappa shape index (κ2) is 6.45. The van der Waals surface area contributed by atoms with E-state index >= 15 is 0 Å². The highest BCUT2D eigenvalue weighted by Crippen LogP contribution is 2.45. The number of hydrogen-bond acceptors (Lipinski definition) is 10. The van der Waals surface area contributed by atoms with Crippen LogP contribution in [-0.2, 0) is 9.59 Å². The fourth-order valence-electron chi connectivity index (χ4n) is 3.82. The van der Waals surface area contributed by atoms with E-state index < -0.39 is 80.1 Å². The molecule has 2 saturated carbocycles. The molecule has 4 unspecified atom stereocenters. The van der Waals surface area contributed by atoms with Gasteiger partial charge in [-0.2, -0.15) is 0 Å². The van der Waals surface area contributed by atoms with Gasteiger partial charge in [-0.05, 0) is 6.42 Å². The lowest BCUT2D eigenvalue weighted by atomic mass is 9.60. The molecule has 2 bridgehead atoms. The SMILES string of the molecule is O=C1CC(C([N+](=O)[O-])[N+](=O)[O-])C2CC1C(C([N+](=O)[O-])[N+](=O)[O-])CC2=O. The summed E-state index contributed by atoms with van der Waals surface area (Å²) < 4.78 is 0. The number of nitro groups is 4. The summed E-state index contributed by atoms with van der Waals surface area (Å²) in [6.45, 7) is 0. The molecule has 4 atom stereocenters. The highest BCUT2D eigenvalue weighted by atomic mass is 16.7. The van der Waals surface area contributed by atoms with Gasteiger partial charge in [0.15, 0.2) is 0 Å². The van der Waals surface area contributed by atoms with Gasteiger partial charge in [0.05, 0.1) is 19.7 Å². The van der Waals surface area contributed by atoms with E-state index in [1.807, 2.05) is 0 Å². The minimum Gasteiger partial charge on any atom is -0.299 e. The van der Waals surface area contributed by atoms with Crippen LogP contribution < -0.4 is 0 Å². The molecule has 0 heterocycles. The van der Waals surface area contributed by atoms with Gasteiger partial charge in [-0.1, -0.05) is 0 Å². The molecular weight excluding hydrogens is 348 g/mol. The number of nitrogens with zero attached hydrogens (tertiary/aromatic N) is 4. The Kier molecular flexibility index (Phi) is 4.71. The molecule has 2 aliphatic carbocycles. The number of carbonyl (C=O) groups is 2. The quantitative estimate of drug-likeness (QED) is 0.338. The van der Waals surface area contributed by atoms with Gasteiger partial charge in [0, 0.05) is 24.7 Å². The lowest BCUT2D eigenvalue weighted by Gasteiger charge is -2.39. The summed E-state index contributed by atoms with van der Waals surface area (Å²) in [5.74, 6) is -6.85. The summed E-state index contributed by atoms with van der Waals surface area (Å²) in [5, 5.41) is 43.7. The first kappa shape index (κ1) is 18.3. The largest absolute Gasteiger partial charge is 0.454 e. The van der Waals surface area contributed by atoms with Gasteiger partial charge in [0.1, 0.15) is 23.4 Å². The van der Waals surface area contributed by atoms with Crippen LogP contribution >= 0.6 is 0 Å². The standard InChI is InChI=1S/C11H12N4O10/c16-8-2-6(10(12(18)19)13(20)21)4-1-5(8)7(3-9(4)17)11(14(22)23)15(24)25/h4-7,10-11H,1-3H2. The number of Topliss-reactive ketones (excluding diaryl/α,β-unsaturated/α-hetero) is 2. The molecule has 14 nitrogen and oxygen atoms in total. The van der Waals surface area contributed by atoms with E-state index in [2.05, 4.69) is 0 Å². The second-order valence-electron chi connectivity index (χ2n) is 6.09. The van der Waals surface area contributed by atoms with Gasteiger partial charge in [-0.15, -0.1) is 0 Å². The minimum absolute atomic E-state index is 0.386. The van der Waals surface area contributed by atoms with Crippen molar-refractivity contribution in [2.75, 3.05) is 0 Å². The highest BCUT2D eigenvalue weighted by molar-refractivity contribution is 5.91. The van der Waals surface area contributed by atoms with E-state index in [-0.39, 0.29) is 6.42 Å². The lowest BCUT2D eigenvalue weighted by molar-refractivity contribution is -0.755. The molecule has 0 aliphatic heterocycles. The molecule has 136 valence electrons. The average Bonchev–Trinajstić information content (AvgIpc) is 2.44. The maximum atomic E-state index is 12.2. The Balaban J connectivity index is 2.36. The number of ketones is 2. The molecule has 0 saturated heterocycles. The zero-order valence-corrected chi connectivity index (χ0v) is 12.5. The first-order chi connectivity index (χ1) is 11.6. The molecule has 0 radical (unpaired) electrons. The molecule has 2 aliphatic rings. The number of carbonyl (C=O) groups excluding carboxylic acids is 2. The Hall–Kier alpha value is -3.06. The lowest BCUT2D eigenvalue weighted by Crippen LogP contribution is -2.55. The summed E-state index contributed by atoms with van der Waals surface area (Å²) >= 11 is 0. The Morgan fingerprint density at radius 3 is 1.20 bits per heavy atom. The molecule has 0 amide bonds. The van der Waals surface area contributed by atoms with Crippen molar-refractivity contribution in [3.63, 3.8) is 0 Å². The molecule has 0 N–H and O–H groups in total. The van der Waals surface area contributed by atoms with Crippen LogP contribution in [-0.4, -0.2) is 43.6 Å². The Bertz CT molecular complexity index is 594. The minimum atomic E-state index is -2.35. The topological polar surface area (TPSA) is 207 Å². The number of fused-ring (bicyclic) bond motifs is 2. The van der Waals surface area contributed by atoms with Gasteiger partial charge >= 0.3 is 12.3 Å². The summed E-state index contributed by atoms with van der Waals surface area (Å²) in [6.07, 6.45) is -6.46. The molecule has 0 aromatic rings. The van der Waals surface area contributed by atoms with Crippen LogP contribution in [0.2, 0.25) is 0 Å².